The van der Waals surface area contributed by atoms with Crippen LogP contribution in [0.5, 0.6) is 0 Å². The van der Waals surface area contributed by atoms with Crippen LogP contribution >= 0.6 is 0 Å². The normalized spacial score (nSPS) is 16.6. The first-order valence-electron chi connectivity index (χ1n) is 9.06. The number of halogens is 1. The van der Waals surface area contributed by atoms with Crippen molar-refractivity contribution in [2.45, 2.75) is 26.5 Å². The second-order valence-corrected chi connectivity index (χ2v) is 6.53. The highest BCUT2D eigenvalue weighted by Gasteiger charge is 2.35. The lowest BCUT2D eigenvalue weighted by molar-refractivity contribution is -0.126. The molecular formula is C21H23FN2O3. The van der Waals surface area contributed by atoms with E-state index in [-0.39, 0.29) is 30.5 Å². The number of nitrogens with one attached hydrogen (secondary N) is 1. The SMILES string of the molecule is CCOCc1ccc(CNC(=O)C2CC(=O)N(c3ccccc3F)C2)cc1. The van der Waals surface area contributed by atoms with E-state index >= 15 is 0 Å². The van der Waals surface area contributed by atoms with E-state index in [1.807, 2.05) is 31.2 Å². The van der Waals surface area contributed by atoms with Crippen LogP contribution in [-0.4, -0.2) is 25.0 Å². The molecule has 0 bridgehead atoms. The zero-order chi connectivity index (χ0) is 19.2. The fourth-order valence-electron chi connectivity index (χ4n) is 3.09. The van der Waals surface area contributed by atoms with Gasteiger partial charge in [-0.25, -0.2) is 4.39 Å². The maximum Gasteiger partial charge on any atom is 0.227 e. The van der Waals surface area contributed by atoms with Gasteiger partial charge >= 0.3 is 0 Å². The van der Waals surface area contributed by atoms with Crippen LogP contribution in [-0.2, 0) is 27.5 Å². The van der Waals surface area contributed by atoms with Gasteiger partial charge in [0.15, 0.2) is 0 Å². The number of hydrogen-bond donors (Lipinski definition) is 1. The largest absolute Gasteiger partial charge is 0.377 e. The number of para-hydroxylation sites is 1. The summed E-state index contributed by atoms with van der Waals surface area (Å²) in [6, 6.07) is 13.9. The summed E-state index contributed by atoms with van der Waals surface area (Å²) in [6.07, 6.45) is 0.0907. The van der Waals surface area contributed by atoms with E-state index in [9.17, 15) is 14.0 Å². The van der Waals surface area contributed by atoms with Crippen molar-refractivity contribution in [3.8, 4) is 0 Å². The standard InChI is InChI=1S/C21H23FN2O3/c1-2-27-14-16-9-7-15(8-10-16)12-23-21(26)17-11-20(25)24(13-17)19-6-4-3-5-18(19)22/h3-10,17H,2,11-14H2,1H3,(H,23,26). The van der Waals surface area contributed by atoms with Crippen LogP contribution in [0.1, 0.15) is 24.5 Å². The van der Waals surface area contributed by atoms with E-state index < -0.39 is 11.7 Å². The molecule has 2 aromatic carbocycles. The van der Waals surface area contributed by atoms with Crippen LogP contribution < -0.4 is 10.2 Å². The van der Waals surface area contributed by atoms with Gasteiger partial charge < -0.3 is 15.0 Å². The summed E-state index contributed by atoms with van der Waals surface area (Å²) in [6.45, 7) is 3.77. The van der Waals surface area contributed by atoms with Gasteiger partial charge in [-0.3, -0.25) is 9.59 Å². The average molecular weight is 370 g/mol. The Labute approximate surface area is 158 Å². The third-order valence-electron chi connectivity index (χ3n) is 4.60. The van der Waals surface area contributed by atoms with Crippen molar-refractivity contribution in [2.75, 3.05) is 18.1 Å². The summed E-state index contributed by atoms with van der Waals surface area (Å²) < 4.78 is 19.3. The predicted molar refractivity (Wildman–Crippen MR) is 100 cm³/mol. The number of anilines is 1. The number of carbonyl (C=O) groups is 2. The Hall–Kier alpha value is -2.73. The lowest BCUT2D eigenvalue weighted by atomic mass is 10.1. The minimum Gasteiger partial charge on any atom is -0.377 e. The number of benzene rings is 2. The highest BCUT2D eigenvalue weighted by atomic mass is 19.1. The zero-order valence-electron chi connectivity index (χ0n) is 15.3. The van der Waals surface area contributed by atoms with Crippen molar-refractivity contribution in [3.63, 3.8) is 0 Å². The molecular weight excluding hydrogens is 347 g/mol. The average Bonchev–Trinajstić information content (AvgIpc) is 3.07. The van der Waals surface area contributed by atoms with Gasteiger partial charge in [0.05, 0.1) is 18.2 Å². The highest BCUT2D eigenvalue weighted by Crippen LogP contribution is 2.27. The molecule has 27 heavy (non-hydrogen) atoms. The first-order valence-corrected chi connectivity index (χ1v) is 9.06. The summed E-state index contributed by atoms with van der Waals surface area (Å²) in [4.78, 5) is 26.0. The third-order valence-corrected chi connectivity index (χ3v) is 4.60. The first-order chi connectivity index (χ1) is 13.1. The van der Waals surface area contributed by atoms with Crippen LogP contribution in [0.4, 0.5) is 10.1 Å². The molecule has 1 fully saturated rings. The molecule has 5 nitrogen and oxygen atoms in total. The molecule has 2 amide bonds. The number of hydrogen-bond acceptors (Lipinski definition) is 3. The Kier molecular flexibility index (Phi) is 6.19. The Balaban J connectivity index is 1.54. The molecule has 0 radical (unpaired) electrons. The molecule has 1 aliphatic rings. The van der Waals surface area contributed by atoms with Crippen molar-refractivity contribution in [3.05, 3.63) is 65.5 Å². The van der Waals surface area contributed by atoms with E-state index in [2.05, 4.69) is 5.32 Å². The Bertz CT molecular complexity index is 807. The number of nitrogens with zero attached hydrogens (tertiary/aromatic N) is 1. The monoisotopic (exact) mass is 370 g/mol. The fourth-order valence-corrected chi connectivity index (χ4v) is 3.09. The Morgan fingerprint density at radius 2 is 1.89 bits per heavy atom. The van der Waals surface area contributed by atoms with Crippen LogP contribution in [0, 0.1) is 11.7 Å². The van der Waals surface area contributed by atoms with Crippen LogP contribution in [0.2, 0.25) is 0 Å². The first kappa shape index (κ1) is 19.0. The molecule has 1 unspecified atom stereocenters. The fraction of sp³-hybridized carbons (Fsp3) is 0.333. The van der Waals surface area contributed by atoms with Crippen molar-refractivity contribution >= 4 is 17.5 Å². The lowest BCUT2D eigenvalue weighted by Crippen LogP contribution is -2.32. The molecule has 1 N–H and O–H groups in total. The second-order valence-electron chi connectivity index (χ2n) is 6.53. The molecule has 6 heteroatoms. The van der Waals surface area contributed by atoms with Gasteiger partial charge in [-0.1, -0.05) is 36.4 Å². The van der Waals surface area contributed by atoms with Gasteiger partial charge in [-0.15, -0.1) is 0 Å². The summed E-state index contributed by atoms with van der Waals surface area (Å²) in [5, 5.41) is 2.87. The minimum absolute atomic E-state index is 0.0907. The van der Waals surface area contributed by atoms with Gasteiger partial charge in [0.1, 0.15) is 5.82 Å². The topological polar surface area (TPSA) is 58.6 Å². The molecule has 0 aromatic heterocycles. The molecule has 1 atom stereocenters. The molecule has 1 heterocycles. The smallest absolute Gasteiger partial charge is 0.227 e. The number of rotatable bonds is 7. The third kappa shape index (κ3) is 4.71. The zero-order valence-corrected chi connectivity index (χ0v) is 15.3. The quantitative estimate of drug-likeness (QED) is 0.815. The van der Waals surface area contributed by atoms with Gasteiger partial charge in [-0.2, -0.15) is 0 Å². The Morgan fingerprint density at radius 1 is 1.19 bits per heavy atom. The second kappa shape index (κ2) is 8.77. The van der Waals surface area contributed by atoms with E-state index in [1.165, 1.54) is 11.0 Å². The molecule has 1 saturated heterocycles. The van der Waals surface area contributed by atoms with E-state index in [0.717, 1.165) is 11.1 Å². The minimum atomic E-state index is -0.477. The Morgan fingerprint density at radius 3 is 2.59 bits per heavy atom. The highest BCUT2D eigenvalue weighted by molar-refractivity contribution is 6.00. The number of ether oxygens (including phenoxy) is 1. The van der Waals surface area contributed by atoms with Gasteiger partial charge in [-0.05, 0) is 30.2 Å². The van der Waals surface area contributed by atoms with E-state index in [1.54, 1.807) is 18.2 Å². The van der Waals surface area contributed by atoms with Crippen molar-refractivity contribution in [2.24, 2.45) is 5.92 Å². The molecule has 0 aliphatic carbocycles. The molecule has 1 aliphatic heterocycles. The predicted octanol–water partition coefficient (Wildman–Crippen LogP) is 3.03. The van der Waals surface area contributed by atoms with Crippen molar-refractivity contribution < 1.29 is 18.7 Å². The van der Waals surface area contributed by atoms with E-state index in [4.69, 9.17) is 4.74 Å². The van der Waals surface area contributed by atoms with Crippen molar-refractivity contribution in [1.29, 1.82) is 0 Å². The molecule has 0 saturated carbocycles. The lowest BCUT2D eigenvalue weighted by Gasteiger charge is -2.17. The number of amides is 2. The number of carbonyl (C=O) groups excluding carboxylic acids is 2. The molecule has 142 valence electrons. The van der Waals surface area contributed by atoms with E-state index in [0.29, 0.717) is 19.8 Å². The summed E-state index contributed by atoms with van der Waals surface area (Å²) in [7, 11) is 0. The van der Waals surface area contributed by atoms with Gasteiger partial charge in [0, 0.05) is 26.1 Å². The van der Waals surface area contributed by atoms with Crippen LogP contribution in [0.15, 0.2) is 48.5 Å². The molecule has 3 rings (SSSR count). The summed E-state index contributed by atoms with van der Waals surface area (Å²) in [5.41, 5.74) is 2.27. The summed E-state index contributed by atoms with van der Waals surface area (Å²) >= 11 is 0. The van der Waals surface area contributed by atoms with Gasteiger partial charge in [0.25, 0.3) is 0 Å². The molecule has 2 aromatic rings. The maximum atomic E-state index is 13.9. The van der Waals surface area contributed by atoms with Gasteiger partial charge in [0.2, 0.25) is 11.8 Å². The summed E-state index contributed by atoms with van der Waals surface area (Å²) in [5.74, 6) is -1.37. The van der Waals surface area contributed by atoms with Crippen molar-refractivity contribution in [1.82, 2.24) is 5.32 Å². The maximum absolute atomic E-state index is 13.9. The van der Waals surface area contributed by atoms with Crippen LogP contribution in [0.3, 0.4) is 0 Å². The van der Waals surface area contributed by atoms with Crippen LogP contribution in [0.25, 0.3) is 0 Å². The molecule has 0 spiro atoms.